The van der Waals surface area contributed by atoms with Gasteiger partial charge in [0, 0.05) is 0 Å². The van der Waals surface area contributed by atoms with Gasteiger partial charge >= 0.3 is 0 Å². The Morgan fingerprint density at radius 2 is 1.70 bits per heavy atom. The third-order valence-electron chi connectivity index (χ3n) is 12.6. The molecule has 1 saturated heterocycles. The number of ether oxygens (including phenoxy) is 2. The molecule has 1 heterocycles. The molecule has 0 amide bonds. The Bertz CT molecular complexity index is 905. The van der Waals surface area contributed by atoms with Gasteiger partial charge in [-0.15, -0.1) is 0 Å². The average molecular weight is 565 g/mol. The second-order valence-electron chi connectivity index (χ2n) is 15.1. The fraction of sp³-hybridized carbons (Fsp3) is 0.939. The number of aliphatic hydroxyl groups excluding tert-OH is 5. The van der Waals surface area contributed by atoms with Crippen LogP contribution in [0, 0.1) is 46.3 Å². The molecule has 4 aliphatic carbocycles. The molecule has 0 bridgehead atoms. The lowest BCUT2D eigenvalue weighted by atomic mass is 9.47. The molecule has 40 heavy (non-hydrogen) atoms. The van der Waals surface area contributed by atoms with Crippen molar-refractivity contribution in [2.24, 2.45) is 46.3 Å². The van der Waals surface area contributed by atoms with Crippen molar-refractivity contribution in [1.82, 2.24) is 0 Å². The third kappa shape index (κ3) is 5.35. The largest absolute Gasteiger partial charge is 0.394 e. The van der Waals surface area contributed by atoms with Gasteiger partial charge in [-0.3, -0.25) is 0 Å². The highest BCUT2D eigenvalue weighted by molar-refractivity contribution is 5.25. The number of hydrogen-bond donors (Lipinski definition) is 5. The first-order valence-corrected chi connectivity index (χ1v) is 16.2. The van der Waals surface area contributed by atoms with Crippen LogP contribution in [0.2, 0.25) is 0 Å². The zero-order chi connectivity index (χ0) is 29.0. The van der Waals surface area contributed by atoms with Crippen LogP contribution in [0.5, 0.6) is 0 Å². The normalized spacial score (nSPS) is 48.6. The topological polar surface area (TPSA) is 120 Å². The second-order valence-corrected chi connectivity index (χ2v) is 15.1. The van der Waals surface area contributed by atoms with Gasteiger partial charge in [-0.2, -0.15) is 0 Å². The Kier molecular flexibility index (Phi) is 9.16. The molecule has 7 heteroatoms. The van der Waals surface area contributed by atoms with Crippen molar-refractivity contribution in [3.8, 4) is 0 Å². The van der Waals surface area contributed by atoms with Gasteiger partial charge in [0.05, 0.1) is 18.8 Å². The maximum atomic E-state index is 11.1. The molecule has 5 rings (SSSR count). The van der Waals surface area contributed by atoms with E-state index in [1.165, 1.54) is 31.3 Å². The summed E-state index contributed by atoms with van der Waals surface area (Å²) < 4.78 is 11.8. The van der Waals surface area contributed by atoms with Crippen LogP contribution in [-0.2, 0) is 9.47 Å². The minimum absolute atomic E-state index is 0.129. The van der Waals surface area contributed by atoms with Gasteiger partial charge in [-0.05, 0) is 111 Å². The van der Waals surface area contributed by atoms with Crippen LogP contribution < -0.4 is 0 Å². The maximum absolute atomic E-state index is 11.1. The lowest BCUT2D eigenvalue weighted by Gasteiger charge is -2.58. The van der Waals surface area contributed by atoms with Gasteiger partial charge in [-0.1, -0.05) is 46.3 Å². The van der Waals surface area contributed by atoms with Gasteiger partial charge < -0.3 is 35.0 Å². The highest BCUT2D eigenvalue weighted by Gasteiger charge is 2.60. The minimum atomic E-state index is -1.41. The molecular formula is C33H56O7. The maximum Gasteiger partial charge on any atom is 0.186 e. The van der Waals surface area contributed by atoms with Crippen molar-refractivity contribution in [2.75, 3.05) is 6.61 Å². The van der Waals surface area contributed by atoms with Crippen molar-refractivity contribution >= 4 is 0 Å². The van der Waals surface area contributed by atoms with Crippen LogP contribution in [0.1, 0.15) is 98.8 Å². The second kappa shape index (κ2) is 11.9. The van der Waals surface area contributed by atoms with Crippen LogP contribution in [0.4, 0.5) is 0 Å². The van der Waals surface area contributed by atoms with Crippen molar-refractivity contribution < 1.29 is 35.0 Å². The molecule has 230 valence electrons. The van der Waals surface area contributed by atoms with Gasteiger partial charge in [0.2, 0.25) is 0 Å². The summed E-state index contributed by atoms with van der Waals surface area (Å²) in [4.78, 5) is 0. The van der Waals surface area contributed by atoms with Crippen LogP contribution >= 0.6 is 0 Å². The molecule has 0 aromatic heterocycles. The Balaban J connectivity index is 1.25. The van der Waals surface area contributed by atoms with Crippen LogP contribution in [0.15, 0.2) is 11.6 Å². The molecule has 0 aromatic rings. The first-order chi connectivity index (χ1) is 18.9. The number of rotatable bonds is 8. The number of aliphatic hydroxyl groups is 5. The average Bonchev–Trinajstić information content (AvgIpc) is 3.28. The summed E-state index contributed by atoms with van der Waals surface area (Å²) in [5.41, 5.74) is 1.93. The Morgan fingerprint density at radius 1 is 0.950 bits per heavy atom. The quantitative estimate of drug-likeness (QED) is 0.281. The molecule has 7 nitrogen and oxygen atoms in total. The predicted octanol–water partition coefficient (Wildman–Crippen LogP) is 4.18. The molecule has 4 fully saturated rings. The monoisotopic (exact) mass is 564 g/mol. The summed E-state index contributed by atoms with van der Waals surface area (Å²) in [6.07, 6.45) is 6.83. The van der Waals surface area contributed by atoms with Crippen LogP contribution in [0.3, 0.4) is 0 Å². The van der Waals surface area contributed by atoms with E-state index in [2.05, 4.69) is 40.7 Å². The molecule has 0 aromatic carbocycles. The first-order valence-electron chi connectivity index (χ1n) is 16.2. The summed E-state index contributed by atoms with van der Waals surface area (Å²) in [6.45, 7) is 11.4. The molecular weight excluding hydrogens is 508 g/mol. The summed E-state index contributed by atoms with van der Waals surface area (Å²) in [6, 6.07) is 0. The molecule has 0 spiro atoms. The van der Waals surface area contributed by atoms with Gasteiger partial charge in [0.1, 0.15) is 24.4 Å². The number of hydrogen-bond acceptors (Lipinski definition) is 7. The minimum Gasteiger partial charge on any atom is -0.394 e. The fourth-order valence-electron chi connectivity index (χ4n) is 10.1. The van der Waals surface area contributed by atoms with Crippen LogP contribution in [0.25, 0.3) is 0 Å². The molecule has 14 atom stereocenters. The highest BCUT2D eigenvalue weighted by Crippen LogP contribution is 2.67. The van der Waals surface area contributed by atoms with Crippen LogP contribution in [-0.4, -0.2) is 75.1 Å². The Hall–Kier alpha value is -0.540. The number of allylic oxidation sites excluding steroid dienone is 1. The summed E-state index contributed by atoms with van der Waals surface area (Å²) in [5.74, 6) is 3.66. The summed E-state index contributed by atoms with van der Waals surface area (Å²) in [5, 5.41) is 51.4. The van der Waals surface area contributed by atoms with E-state index in [4.69, 9.17) is 9.47 Å². The van der Waals surface area contributed by atoms with E-state index < -0.39 is 37.3 Å². The zero-order valence-electron chi connectivity index (χ0n) is 25.4. The van der Waals surface area contributed by atoms with E-state index in [0.717, 1.165) is 38.5 Å². The van der Waals surface area contributed by atoms with Crippen molar-refractivity contribution in [1.29, 1.82) is 0 Å². The van der Waals surface area contributed by atoms with Crippen molar-refractivity contribution in [3.05, 3.63) is 11.6 Å². The summed E-state index contributed by atoms with van der Waals surface area (Å²) in [7, 11) is 0. The van der Waals surface area contributed by atoms with Crippen molar-refractivity contribution in [2.45, 2.75) is 142 Å². The van der Waals surface area contributed by atoms with E-state index in [-0.39, 0.29) is 17.6 Å². The van der Waals surface area contributed by atoms with E-state index in [1.54, 1.807) is 0 Å². The predicted molar refractivity (Wildman–Crippen MR) is 153 cm³/mol. The van der Waals surface area contributed by atoms with E-state index in [9.17, 15) is 25.5 Å². The Morgan fingerprint density at radius 3 is 2.40 bits per heavy atom. The highest BCUT2D eigenvalue weighted by atomic mass is 16.7. The fourth-order valence-corrected chi connectivity index (χ4v) is 10.1. The third-order valence-corrected chi connectivity index (χ3v) is 12.6. The van der Waals surface area contributed by atoms with Gasteiger partial charge in [0.15, 0.2) is 6.29 Å². The SMILES string of the molecule is CC(C)CC[C@H](O)[C@@H](C)[C@H]1CC[C@H]2[C@@H]3CC=C4CC(O[C@@H]5O[C@H](CO)[C@@H](O)[C@H](O)[C@H]5O)CC[C@]4(C)[C@H]3CC[C@]12C. The van der Waals surface area contributed by atoms with E-state index >= 15 is 0 Å². The first kappa shape index (κ1) is 30.9. The molecule has 5 N–H and O–H groups in total. The molecule has 1 aliphatic heterocycles. The Labute approximate surface area is 241 Å². The molecule has 3 saturated carbocycles. The van der Waals surface area contributed by atoms with E-state index in [1.807, 2.05) is 0 Å². The number of fused-ring (bicyclic) bond motifs is 5. The van der Waals surface area contributed by atoms with Gasteiger partial charge in [-0.25, -0.2) is 0 Å². The standard InChI is InChI=1S/C33H56O7/c1-18(2)6-11-26(35)19(3)23-9-10-24-22-8-7-20-16-21(12-14-32(20,4)25(22)13-15-33(23,24)5)39-31-30(38)29(37)28(36)27(17-34)40-31/h7,18-19,21-31,34-38H,6,8-17H2,1-5H3/t19-,21?,22-,23+,24-,25-,26-,27+,28+,29-,30+,31+,32-,33+/m0/s1. The van der Waals surface area contributed by atoms with Gasteiger partial charge in [0.25, 0.3) is 0 Å². The van der Waals surface area contributed by atoms with E-state index in [0.29, 0.717) is 40.9 Å². The zero-order valence-corrected chi connectivity index (χ0v) is 25.4. The lowest BCUT2D eigenvalue weighted by Crippen LogP contribution is -2.60. The molecule has 0 radical (unpaired) electrons. The molecule has 1 unspecified atom stereocenters. The van der Waals surface area contributed by atoms with Crippen molar-refractivity contribution in [3.63, 3.8) is 0 Å². The lowest BCUT2D eigenvalue weighted by molar-refractivity contribution is -0.313. The summed E-state index contributed by atoms with van der Waals surface area (Å²) >= 11 is 0. The smallest absolute Gasteiger partial charge is 0.186 e. The molecule has 5 aliphatic rings.